The average molecular weight is 304 g/mol. The molecule has 110 valence electrons. The van der Waals surface area contributed by atoms with Gasteiger partial charge in [0.15, 0.2) is 5.16 Å². The Morgan fingerprint density at radius 2 is 2.24 bits per heavy atom. The second-order valence-electron chi connectivity index (χ2n) is 5.19. The zero-order valence-electron chi connectivity index (χ0n) is 12.1. The fourth-order valence-electron chi connectivity index (χ4n) is 2.56. The molecule has 21 heavy (non-hydrogen) atoms. The number of nitrogens with zero attached hydrogens (tertiary/aromatic N) is 4. The van der Waals surface area contributed by atoms with Crippen molar-refractivity contribution in [3.05, 3.63) is 46.8 Å². The average Bonchev–Trinajstić information content (AvgIpc) is 2.50. The molecule has 0 N–H and O–H groups in total. The summed E-state index contributed by atoms with van der Waals surface area (Å²) in [7, 11) is 0. The van der Waals surface area contributed by atoms with Gasteiger partial charge in [-0.3, -0.25) is 4.90 Å². The predicted molar refractivity (Wildman–Crippen MR) is 80.6 cm³/mol. The van der Waals surface area contributed by atoms with E-state index in [0.717, 1.165) is 41.5 Å². The molecular weight excluding hydrogens is 287 g/mol. The lowest BCUT2D eigenvalue weighted by molar-refractivity contribution is 0.237. The highest BCUT2D eigenvalue weighted by atomic mass is 32.2. The van der Waals surface area contributed by atoms with E-state index in [1.807, 2.05) is 25.4 Å². The molecule has 2 aromatic rings. The molecule has 0 unspecified atom stereocenters. The maximum absolute atomic E-state index is 13.8. The van der Waals surface area contributed by atoms with Crippen LogP contribution in [-0.4, -0.2) is 32.7 Å². The number of hydrogen-bond acceptors (Lipinski definition) is 5. The molecule has 0 radical (unpaired) electrons. The number of pyridine rings is 1. The Balaban J connectivity index is 1.77. The lowest BCUT2D eigenvalue weighted by Crippen LogP contribution is -2.31. The summed E-state index contributed by atoms with van der Waals surface area (Å²) < 4.78 is 13.8. The summed E-state index contributed by atoms with van der Waals surface area (Å²) in [5, 5.41) is 0.816. The molecule has 3 heterocycles. The minimum atomic E-state index is -0.366. The molecule has 0 saturated carbocycles. The van der Waals surface area contributed by atoms with Gasteiger partial charge < -0.3 is 0 Å². The minimum Gasteiger partial charge on any atom is -0.294 e. The van der Waals surface area contributed by atoms with Crippen LogP contribution in [0, 0.1) is 12.9 Å². The van der Waals surface area contributed by atoms with E-state index in [4.69, 9.17) is 0 Å². The SMILES string of the molecule is CSc1ncc2c(n1)CCN(Cc1c(C)ccnc1F)C2. The maximum atomic E-state index is 13.8. The van der Waals surface area contributed by atoms with Crippen LogP contribution in [0.5, 0.6) is 0 Å². The Hall–Kier alpha value is -1.53. The molecular formula is C15H17FN4S. The summed E-state index contributed by atoms with van der Waals surface area (Å²) in [6.45, 7) is 4.14. The van der Waals surface area contributed by atoms with Gasteiger partial charge in [-0.15, -0.1) is 0 Å². The first-order chi connectivity index (χ1) is 10.2. The summed E-state index contributed by atoms with van der Waals surface area (Å²) in [6.07, 6.45) is 6.27. The highest BCUT2D eigenvalue weighted by Gasteiger charge is 2.20. The molecule has 3 rings (SSSR count). The van der Waals surface area contributed by atoms with Crippen molar-refractivity contribution in [1.82, 2.24) is 19.9 Å². The molecule has 4 nitrogen and oxygen atoms in total. The number of aryl methyl sites for hydroxylation is 1. The largest absolute Gasteiger partial charge is 0.294 e. The van der Waals surface area contributed by atoms with Crippen LogP contribution in [-0.2, 0) is 19.5 Å². The molecule has 0 fully saturated rings. The fourth-order valence-corrected chi connectivity index (χ4v) is 2.92. The van der Waals surface area contributed by atoms with Crippen molar-refractivity contribution in [2.45, 2.75) is 31.6 Å². The molecule has 0 aliphatic carbocycles. The monoisotopic (exact) mass is 304 g/mol. The zero-order chi connectivity index (χ0) is 14.8. The number of thioether (sulfide) groups is 1. The Bertz CT molecular complexity index is 642. The normalized spacial score (nSPS) is 15.0. The molecule has 0 aromatic carbocycles. The van der Waals surface area contributed by atoms with E-state index < -0.39 is 0 Å². The fraction of sp³-hybridized carbons (Fsp3) is 0.400. The highest BCUT2D eigenvalue weighted by Crippen LogP contribution is 2.22. The second kappa shape index (κ2) is 6.07. The third-order valence-corrected chi connectivity index (χ3v) is 4.35. The number of rotatable bonds is 3. The van der Waals surface area contributed by atoms with Crippen molar-refractivity contribution in [2.75, 3.05) is 12.8 Å². The van der Waals surface area contributed by atoms with Gasteiger partial charge in [0, 0.05) is 49.6 Å². The second-order valence-corrected chi connectivity index (χ2v) is 5.96. The van der Waals surface area contributed by atoms with Crippen molar-refractivity contribution in [1.29, 1.82) is 0 Å². The Morgan fingerprint density at radius 3 is 3.00 bits per heavy atom. The van der Waals surface area contributed by atoms with Gasteiger partial charge in [-0.2, -0.15) is 4.39 Å². The molecule has 1 aliphatic rings. The molecule has 0 bridgehead atoms. The maximum Gasteiger partial charge on any atom is 0.217 e. The summed E-state index contributed by atoms with van der Waals surface area (Å²) in [5.41, 5.74) is 3.89. The van der Waals surface area contributed by atoms with Crippen LogP contribution in [0.25, 0.3) is 0 Å². The lowest BCUT2D eigenvalue weighted by Gasteiger charge is -2.28. The molecule has 2 aromatic heterocycles. The van der Waals surface area contributed by atoms with Crippen LogP contribution in [0.1, 0.15) is 22.4 Å². The minimum absolute atomic E-state index is 0.366. The first-order valence-corrected chi connectivity index (χ1v) is 8.11. The summed E-state index contributed by atoms with van der Waals surface area (Å²) in [5.74, 6) is -0.366. The van der Waals surface area contributed by atoms with E-state index in [1.165, 1.54) is 6.20 Å². The van der Waals surface area contributed by atoms with Crippen molar-refractivity contribution in [2.24, 2.45) is 0 Å². The number of fused-ring (bicyclic) bond motifs is 1. The molecule has 0 amide bonds. The van der Waals surface area contributed by atoms with E-state index >= 15 is 0 Å². The van der Waals surface area contributed by atoms with E-state index in [1.54, 1.807) is 11.8 Å². The van der Waals surface area contributed by atoms with Crippen molar-refractivity contribution in [3.8, 4) is 0 Å². The van der Waals surface area contributed by atoms with E-state index in [-0.39, 0.29) is 5.95 Å². The zero-order valence-corrected chi connectivity index (χ0v) is 13.0. The number of hydrogen-bond donors (Lipinski definition) is 0. The lowest BCUT2D eigenvalue weighted by atomic mass is 10.1. The molecule has 1 aliphatic heterocycles. The molecule has 0 atom stereocenters. The smallest absolute Gasteiger partial charge is 0.217 e. The Kier molecular flexibility index (Phi) is 4.17. The van der Waals surface area contributed by atoms with Gasteiger partial charge in [-0.05, 0) is 24.8 Å². The van der Waals surface area contributed by atoms with Gasteiger partial charge in [-0.1, -0.05) is 11.8 Å². The third-order valence-electron chi connectivity index (χ3n) is 3.79. The quantitative estimate of drug-likeness (QED) is 0.495. The highest BCUT2D eigenvalue weighted by molar-refractivity contribution is 7.98. The van der Waals surface area contributed by atoms with Gasteiger partial charge in [0.05, 0.1) is 5.69 Å². The van der Waals surface area contributed by atoms with Crippen molar-refractivity contribution < 1.29 is 4.39 Å². The molecule has 0 saturated heterocycles. The third kappa shape index (κ3) is 3.06. The van der Waals surface area contributed by atoms with E-state index in [0.29, 0.717) is 12.1 Å². The van der Waals surface area contributed by atoms with Crippen molar-refractivity contribution in [3.63, 3.8) is 0 Å². The van der Waals surface area contributed by atoms with Crippen LogP contribution >= 0.6 is 11.8 Å². The molecule has 0 spiro atoms. The summed E-state index contributed by atoms with van der Waals surface area (Å²) >= 11 is 1.56. The van der Waals surface area contributed by atoms with Crippen LogP contribution in [0.2, 0.25) is 0 Å². The van der Waals surface area contributed by atoms with E-state index in [2.05, 4.69) is 19.9 Å². The van der Waals surface area contributed by atoms with Gasteiger partial charge in [-0.25, -0.2) is 15.0 Å². The summed E-state index contributed by atoms with van der Waals surface area (Å²) in [6, 6.07) is 1.85. The predicted octanol–water partition coefficient (Wildman–Crippen LogP) is 2.60. The van der Waals surface area contributed by atoms with Crippen LogP contribution in [0.4, 0.5) is 4.39 Å². The summed E-state index contributed by atoms with van der Waals surface area (Å²) in [4.78, 5) is 14.8. The van der Waals surface area contributed by atoms with Crippen LogP contribution in [0.3, 0.4) is 0 Å². The van der Waals surface area contributed by atoms with Crippen LogP contribution < -0.4 is 0 Å². The Morgan fingerprint density at radius 1 is 1.38 bits per heavy atom. The van der Waals surface area contributed by atoms with Gasteiger partial charge in [0.25, 0.3) is 0 Å². The first kappa shape index (κ1) is 14.4. The van der Waals surface area contributed by atoms with Gasteiger partial charge in [0.2, 0.25) is 5.95 Å². The number of aromatic nitrogens is 3. The van der Waals surface area contributed by atoms with Crippen molar-refractivity contribution >= 4 is 11.8 Å². The van der Waals surface area contributed by atoms with Gasteiger partial charge in [0.1, 0.15) is 0 Å². The number of halogens is 1. The Labute approximate surface area is 127 Å². The molecule has 6 heteroatoms. The van der Waals surface area contributed by atoms with Crippen LogP contribution in [0.15, 0.2) is 23.6 Å². The van der Waals surface area contributed by atoms with E-state index in [9.17, 15) is 4.39 Å². The van der Waals surface area contributed by atoms with Gasteiger partial charge >= 0.3 is 0 Å². The topological polar surface area (TPSA) is 41.9 Å². The first-order valence-electron chi connectivity index (χ1n) is 6.88. The standard InChI is InChI=1S/C15H17FN4S/c1-10-3-5-17-14(16)12(10)9-20-6-4-13-11(8-20)7-18-15(19-13)21-2/h3,5,7H,4,6,8-9H2,1-2H3.